The van der Waals surface area contributed by atoms with Crippen molar-refractivity contribution < 1.29 is 9.53 Å². The smallest absolute Gasteiger partial charge is 0.255 e. The molecule has 0 bridgehead atoms. The van der Waals surface area contributed by atoms with E-state index in [1.807, 2.05) is 79.7 Å². The number of amides is 1. The topological polar surface area (TPSA) is 38.3 Å². The van der Waals surface area contributed by atoms with Gasteiger partial charge in [0.05, 0.1) is 5.69 Å². The highest BCUT2D eigenvalue weighted by atomic mass is 127. The fourth-order valence-electron chi connectivity index (χ4n) is 2.36. The Morgan fingerprint density at radius 2 is 1.72 bits per heavy atom. The van der Waals surface area contributed by atoms with Crippen molar-refractivity contribution in [2.75, 3.05) is 5.32 Å². The molecule has 0 aliphatic rings. The maximum Gasteiger partial charge on any atom is 0.255 e. The van der Waals surface area contributed by atoms with Gasteiger partial charge in [0.1, 0.15) is 12.4 Å². The van der Waals surface area contributed by atoms with Gasteiger partial charge in [-0.1, -0.05) is 48.5 Å². The first-order chi connectivity index (χ1) is 12.1. The summed E-state index contributed by atoms with van der Waals surface area (Å²) in [6, 6.07) is 23.1. The molecule has 3 aromatic carbocycles. The maximum absolute atomic E-state index is 12.5. The second-order valence-corrected chi connectivity index (χ2v) is 6.85. The van der Waals surface area contributed by atoms with Gasteiger partial charge in [-0.25, -0.2) is 0 Å². The minimum atomic E-state index is -0.145. The van der Waals surface area contributed by atoms with Gasteiger partial charge >= 0.3 is 0 Å². The molecule has 0 saturated heterocycles. The first-order valence-corrected chi connectivity index (χ1v) is 9.04. The van der Waals surface area contributed by atoms with Crippen molar-refractivity contribution in [2.45, 2.75) is 13.5 Å². The second-order valence-electron chi connectivity index (χ2n) is 5.69. The van der Waals surface area contributed by atoms with Crippen molar-refractivity contribution in [2.24, 2.45) is 0 Å². The Hall–Kier alpha value is -2.34. The zero-order chi connectivity index (χ0) is 17.6. The van der Waals surface area contributed by atoms with E-state index in [1.165, 1.54) is 0 Å². The molecular formula is C21H18INO2. The lowest BCUT2D eigenvalue weighted by molar-refractivity contribution is 0.102. The van der Waals surface area contributed by atoms with Crippen LogP contribution in [0.25, 0.3) is 0 Å². The third-order valence-electron chi connectivity index (χ3n) is 3.81. The number of halogens is 1. The molecule has 3 aromatic rings. The Bertz CT molecular complexity index is 878. The van der Waals surface area contributed by atoms with Crippen LogP contribution in [0.1, 0.15) is 21.5 Å². The van der Waals surface area contributed by atoms with Gasteiger partial charge in [-0.2, -0.15) is 0 Å². The molecule has 3 nitrogen and oxygen atoms in total. The lowest BCUT2D eigenvalue weighted by Gasteiger charge is -2.13. The van der Waals surface area contributed by atoms with E-state index in [4.69, 9.17) is 4.74 Å². The SMILES string of the molecule is Cc1ccc(C(=O)Nc2ccccc2OCc2ccccc2)cc1I. The van der Waals surface area contributed by atoms with E-state index < -0.39 is 0 Å². The fourth-order valence-corrected chi connectivity index (χ4v) is 2.87. The first kappa shape index (κ1) is 17.5. The Kier molecular flexibility index (Phi) is 5.71. The molecule has 3 rings (SSSR count). The number of carbonyl (C=O) groups is 1. The average Bonchev–Trinajstić information content (AvgIpc) is 2.64. The summed E-state index contributed by atoms with van der Waals surface area (Å²) in [4.78, 5) is 12.5. The van der Waals surface area contributed by atoms with Crippen molar-refractivity contribution in [1.82, 2.24) is 0 Å². The van der Waals surface area contributed by atoms with Crippen molar-refractivity contribution in [3.8, 4) is 5.75 Å². The summed E-state index contributed by atoms with van der Waals surface area (Å²) >= 11 is 2.24. The van der Waals surface area contributed by atoms with E-state index in [9.17, 15) is 4.79 Å². The average molecular weight is 443 g/mol. The molecule has 0 fully saturated rings. The molecule has 1 N–H and O–H groups in total. The summed E-state index contributed by atoms with van der Waals surface area (Å²) in [6.45, 7) is 2.48. The molecule has 0 saturated carbocycles. The van der Waals surface area contributed by atoms with Crippen LogP contribution in [0.15, 0.2) is 72.8 Å². The van der Waals surface area contributed by atoms with Crippen LogP contribution >= 0.6 is 22.6 Å². The molecule has 1 amide bonds. The molecule has 0 aromatic heterocycles. The van der Waals surface area contributed by atoms with Crippen molar-refractivity contribution >= 4 is 34.2 Å². The van der Waals surface area contributed by atoms with Gasteiger partial charge in [-0.15, -0.1) is 0 Å². The molecule has 0 aliphatic carbocycles. The maximum atomic E-state index is 12.5. The van der Waals surface area contributed by atoms with Crippen LogP contribution in [0.2, 0.25) is 0 Å². The molecule has 0 spiro atoms. The van der Waals surface area contributed by atoms with Crippen LogP contribution in [0, 0.1) is 10.5 Å². The van der Waals surface area contributed by atoms with Gasteiger partial charge in [0.15, 0.2) is 0 Å². The van der Waals surface area contributed by atoms with Gasteiger partial charge in [-0.05, 0) is 64.9 Å². The first-order valence-electron chi connectivity index (χ1n) is 7.97. The number of hydrogen-bond acceptors (Lipinski definition) is 2. The predicted molar refractivity (Wildman–Crippen MR) is 109 cm³/mol. The molecule has 0 radical (unpaired) electrons. The summed E-state index contributed by atoms with van der Waals surface area (Å²) in [6.07, 6.45) is 0. The van der Waals surface area contributed by atoms with E-state index in [0.29, 0.717) is 23.6 Å². The van der Waals surface area contributed by atoms with Crippen LogP contribution < -0.4 is 10.1 Å². The summed E-state index contributed by atoms with van der Waals surface area (Å²) in [5.74, 6) is 0.509. The second kappa shape index (κ2) is 8.16. The molecule has 0 atom stereocenters. The lowest BCUT2D eigenvalue weighted by atomic mass is 10.1. The molecule has 126 valence electrons. The minimum absolute atomic E-state index is 0.145. The molecule has 25 heavy (non-hydrogen) atoms. The molecular weight excluding hydrogens is 425 g/mol. The highest BCUT2D eigenvalue weighted by molar-refractivity contribution is 14.1. The monoisotopic (exact) mass is 443 g/mol. The molecule has 0 unspecified atom stereocenters. The summed E-state index contributed by atoms with van der Waals surface area (Å²) in [5, 5.41) is 2.94. The van der Waals surface area contributed by atoms with Gasteiger partial charge in [0, 0.05) is 9.13 Å². The number of aryl methyl sites for hydroxylation is 1. The number of anilines is 1. The Morgan fingerprint density at radius 1 is 1.00 bits per heavy atom. The summed E-state index contributed by atoms with van der Waals surface area (Å²) < 4.78 is 6.95. The summed E-state index contributed by atoms with van der Waals surface area (Å²) in [5.41, 5.74) is 3.53. The molecule has 0 aliphatic heterocycles. The predicted octanol–water partition coefficient (Wildman–Crippen LogP) is 5.43. The van der Waals surface area contributed by atoms with E-state index in [-0.39, 0.29) is 5.91 Å². The van der Waals surface area contributed by atoms with Crippen molar-refractivity contribution in [3.05, 3.63) is 93.1 Å². The number of carbonyl (C=O) groups excluding carboxylic acids is 1. The van der Waals surface area contributed by atoms with Crippen LogP contribution in [-0.2, 0) is 6.61 Å². The van der Waals surface area contributed by atoms with Crippen LogP contribution in [0.5, 0.6) is 5.75 Å². The number of para-hydroxylation sites is 2. The fraction of sp³-hybridized carbons (Fsp3) is 0.0952. The van der Waals surface area contributed by atoms with E-state index in [2.05, 4.69) is 27.9 Å². The number of nitrogens with one attached hydrogen (secondary N) is 1. The minimum Gasteiger partial charge on any atom is -0.487 e. The van der Waals surface area contributed by atoms with E-state index >= 15 is 0 Å². The normalized spacial score (nSPS) is 10.3. The van der Waals surface area contributed by atoms with Crippen LogP contribution in [-0.4, -0.2) is 5.91 Å². The lowest BCUT2D eigenvalue weighted by Crippen LogP contribution is -2.13. The largest absolute Gasteiger partial charge is 0.487 e. The zero-order valence-electron chi connectivity index (χ0n) is 13.8. The van der Waals surface area contributed by atoms with Gasteiger partial charge in [-0.3, -0.25) is 4.79 Å². The number of hydrogen-bond donors (Lipinski definition) is 1. The van der Waals surface area contributed by atoms with Crippen LogP contribution in [0.4, 0.5) is 5.69 Å². The Labute approximate surface area is 161 Å². The van der Waals surface area contributed by atoms with E-state index in [0.717, 1.165) is 14.7 Å². The van der Waals surface area contributed by atoms with Crippen LogP contribution in [0.3, 0.4) is 0 Å². The van der Waals surface area contributed by atoms with Gasteiger partial charge in [0.2, 0.25) is 0 Å². The van der Waals surface area contributed by atoms with Gasteiger partial charge < -0.3 is 10.1 Å². The molecule has 4 heteroatoms. The number of rotatable bonds is 5. The standard InChI is InChI=1S/C21H18INO2/c1-15-11-12-17(13-18(15)22)21(24)23-19-9-5-6-10-20(19)25-14-16-7-3-2-4-8-16/h2-13H,14H2,1H3,(H,23,24). The number of ether oxygens (including phenoxy) is 1. The molecule has 0 heterocycles. The third-order valence-corrected chi connectivity index (χ3v) is 4.97. The van der Waals surface area contributed by atoms with Gasteiger partial charge in [0.25, 0.3) is 5.91 Å². The Morgan fingerprint density at radius 3 is 2.48 bits per heavy atom. The van der Waals surface area contributed by atoms with Crippen molar-refractivity contribution in [3.63, 3.8) is 0 Å². The summed E-state index contributed by atoms with van der Waals surface area (Å²) in [7, 11) is 0. The zero-order valence-corrected chi connectivity index (χ0v) is 16.0. The van der Waals surface area contributed by atoms with E-state index in [1.54, 1.807) is 0 Å². The van der Waals surface area contributed by atoms with Crippen molar-refractivity contribution in [1.29, 1.82) is 0 Å². The highest BCUT2D eigenvalue weighted by Crippen LogP contribution is 2.25. The quantitative estimate of drug-likeness (QED) is 0.534. The third kappa shape index (κ3) is 4.60. The highest BCUT2D eigenvalue weighted by Gasteiger charge is 2.11. The number of benzene rings is 3. The Balaban J connectivity index is 1.74.